The van der Waals surface area contributed by atoms with Crippen LogP contribution in [0.4, 0.5) is 0 Å². The second-order valence-corrected chi connectivity index (χ2v) is 7.87. The second-order valence-electron chi connectivity index (χ2n) is 6.06. The summed E-state index contributed by atoms with van der Waals surface area (Å²) < 4.78 is 5.94. The highest BCUT2D eigenvalue weighted by atomic mass is 31.1. The SMILES string of the molecule is CC(C)c1cc(C(C)(C)C)ccc1OP(C)C. The standard InChI is InChI=1S/C15H25OP/c1-11(2)13-10-12(15(3,4)5)8-9-14(13)16-17(6)7/h8-11H,1-7H3. The molecule has 1 aromatic rings. The van der Waals surface area contributed by atoms with E-state index in [4.69, 9.17) is 4.52 Å². The van der Waals surface area contributed by atoms with Crippen LogP contribution < -0.4 is 4.52 Å². The quantitative estimate of drug-likeness (QED) is 0.676. The van der Waals surface area contributed by atoms with Crippen molar-refractivity contribution in [3.8, 4) is 5.75 Å². The van der Waals surface area contributed by atoms with Gasteiger partial charge in [0.05, 0.1) is 8.15 Å². The van der Waals surface area contributed by atoms with Crippen LogP contribution >= 0.6 is 8.15 Å². The van der Waals surface area contributed by atoms with Crippen LogP contribution in [-0.4, -0.2) is 13.3 Å². The van der Waals surface area contributed by atoms with Crippen molar-refractivity contribution in [2.24, 2.45) is 0 Å². The van der Waals surface area contributed by atoms with Gasteiger partial charge in [-0.2, -0.15) is 0 Å². The monoisotopic (exact) mass is 252 g/mol. The first-order valence-corrected chi connectivity index (χ1v) is 8.37. The highest BCUT2D eigenvalue weighted by Gasteiger charge is 2.17. The van der Waals surface area contributed by atoms with E-state index < -0.39 is 0 Å². The van der Waals surface area contributed by atoms with Gasteiger partial charge in [0.15, 0.2) is 0 Å². The van der Waals surface area contributed by atoms with Crippen molar-refractivity contribution < 1.29 is 4.52 Å². The van der Waals surface area contributed by atoms with Crippen molar-refractivity contribution >= 4 is 8.15 Å². The molecule has 0 atom stereocenters. The molecule has 17 heavy (non-hydrogen) atoms. The molecule has 0 bridgehead atoms. The van der Waals surface area contributed by atoms with Gasteiger partial charge in [-0.15, -0.1) is 0 Å². The Hall–Kier alpha value is -0.550. The van der Waals surface area contributed by atoms with Gasteiger partial charge < -0.3 is 4.52 Å². The Morgan fingerprint density at radius 1 is 1.12 bits per heavy atom. The topological polar surface area (TPSA) is 9.23 Å². The molecule has 0 aromatic heterocycles. The average molecular weight is 252 g/mol. The molecule has 96 valence electrons. The molecule has 2 heteroatoms. The summed E-state index contributed by atoms with van der Waals surface area (Å²) in [5.74, 6) is 1.56. The summed E-state index contributed by atoms with van der Waals surface area (Å²) in [5.41, 5.74) is 2.91. The number of rotatable bonds is 3. The molecule has 0 heterocycles. The minimum atomic E-state index is -0.355. The lowest BCUT2D eigenvalue weighted by Crippen LogP contribution is -2.11. The molecule has 0 radical (unpaired) electrons. The van der Waals surface area contributed by atoms with Crippen molar-refractivity contribution in [1.29, 1.82) is 0 Å². The molecule has 1 nitrogen and oxygen atoms in total. The lowest BCUT2D eigenvalue weighted by atomic mass is 9.84. The summed E-state index contributed by atoms with van der Waals surface area (Å²) in [6.07, 6.45) is 0. The zero-order valence-electron chi connectivity index (χ0n) is 12.2. The van der Waals surface area contributed by atoms with Crippen LogP contribution in [0, 0.1) is 0 Å². The third-order valence-electron chi connectivity index (χ3n) is 2.78. The van der Waals surface area contributed by atoms with E-state index in [1.165, 1.54) is 11.1 Å². The highest BCUT2D eigenvalue weighted by Crippen LogP contribution is 2.37. The molecule has 0 aliphatic rings. The fraction of sp³-hybridized carbons (Fsp3) is 0.600. The molecule has 0 fully saturated rings. The van der Waals surface area contributed by atoms with Crippen LogP contribution in [0.3, 0.4) is 0 Å². The largest absolute Gasteiger partial charge is 0.474 e. The fourth-order valence-electron chi connectivity index (χ4n) is 1.75. The molecule has 0 aliphatic carbocycles. The Bertz CT molecular complexity index is 375. The van der Waals surface area contributed by atoms with Gasteiger partial charge in [-0.1, -0.05) is 46.8 Å². The van der Waals surface area contributed by atoms with Crippen LogP contribution in [-0.2, 0) is 5.41 Å². The lowest BCUT2D eigenvalue weighted by Gasteiger charge is -2.23. The zero-order valence-corrected chi connectivity index (χ0v) is 13.1. The van der Waals surface area contributed by atoms with E-state index in [1.807, 2.05) is 0 Å². The molecule has 0 aliphatic heterocycles. The van der Waals surface area contributed by atoms with E-state index in [0.717, 1.165) is 5.75 Å². The van der Waals surface area contributed by atoms with E-state index >= 15 is 0 Å². The average Bonchev–Trinajstić information content (AvgIpc) is 2.15. The number of benzene rings is 1. The summed E-state index contributed by atoms with van der Waals surface area (Å²) >= 11 is 0. The molecule has 0 spiro atoms. The maximum Gasteiger partial charge on any atom is 0.126 e. The molecule has 0 N–H and O–H groups in total. The van der Waals surface area contributed by atoms with Gasteiger partial charge in [0, 0.05) is 0 Å². The van der Waals surface area contributed by atoms with E-state index in [2.05, 4.69) is 66.1 Å². The molecular formula is C15H25OP. The van der Waals surface area contributed by atoms with Crippen LogP contribution in [0.1, 0.15) is 51.7 Å². The van der Waals surface area contributed by atoms with Crippen LogP contribution in [0.5, 0.6) is 5.75 Å². The first-order valence-electron chi connectivity index (χ1n) is 6.21. The summed E-state index contributed by atoms with van der Waals surface area (Å²) in [5, 5.41) is 0. The normalized spacial score (nSPS) is 12.3. The van der Waals surface area contributed by atoms with Crippen molar-refractivity contribution in [3.05, 3.63) is 29.3 Å². The summed E-state index contributed by atoms with van der Waals surface area (Å²) in [7, 11) is -0.355. The van der Waals surface area contributed by atoms with Crippen LogP contribution in [0.2, 0.25) is 0 Å². The maximum atomic E-state index is 5.94. The molecular weight excluding hydrogens is 227 g/mol. The molecule has 1 rings (SSSR count). The summed E-state index contributed by atoms with van der Waals surface area (Å²) in [6.45, 7) is 15.5. The van der Waals surface area contributed by atoms with Crippen molar-refractivity contribution in [2.75, 3.05) is 13.3 Å². The Kier molecular flexibility index (Phi) is 4.61. The second kappa shape index (κ2) is 5.40. The zero-order chi connectivity index (χ0) is 13.2. The van der Waals surface area contributed by atoms with Crippen LogP contribution in [0.15, 0.2) is 18.2 Å². The summed E-state index contributed by atoms with van der Waals surface area (Å²) in [6, 6.07) is 6.64. The van der Waals surface area contributed by atoms with E-state index in [-0.39, 0.29) is 13.6 Å². The Morgan fingerprint density at radius 2 is 1.71 bits per heavy atom. The molecule has 0 saturated carbocycles. The first-order chi connectivity index (χ1) is 7.71. The Balaban J connectivity index is 3.18. The van der Waals surface area contributed by atoms with Crippen molar-refractivity contribution in [3.63, 3.8) is 0 Å². The van der Waals surface area contributed by atoms with Gasteiger partial charge in [-0.25, -0.2) is 0 Å². The molecule has 0 amide bonds. The Labute approximate surface area is 107 Å². The van der Waals surface area contributed by atoms with Gasteiger partial charge in [0.25, 0.3) is 0 Å². The van der Waals surface area contributed by atoms with E-state index in [9.17, 15) is 0 Å². The third kappa shape index (κ3) is 4.00. The number of hydrogen-bond acceptors (Lipinski definition) is 1. The van der Waals surface area contributed by atoms with E-state index in [0.29, 0.717) is 5.92 Å². The van der Waals surface area contributed by atoms with Crippen molar-refractivity contribution in [2.45, 2.75) is 46.0 Å². The number of hydrogen-bond donors (Lipinski definition) is 0. The molecule has 0 saturated heterocycles. The summed E-state index contributed by atoms with van der Waals surface area (Å²) in [4.78, 5) is 0. The Morgan fingerprint density at radius 3 is 2.12 bits per heavy atom. The van der Waals surface area contributed by atoms with Crippen molar-refractivity contribution in [1.82, 2.24) is 0 Å². The lowest BCUT2D eigenvalue weighted by molar-refractivity contribution is 0.576. The first kappa shape index (κ1) is 14.5. The molecule has 0 unspecified atom stereocenters. The third-order valence-corrected chi connectivity index (χ3v) is 3.34. The minimum Gasteiger partial charge on any atom is -0.474 e. The fourth-order valence-corrected chi connectivity index (χ4v) is 2.31. The minimum absolute atomic E-state index is 0.200. The predicted molar refractivity (Wildman–Crippen MR) is 78.6 cm³/mol. The smallest absolute Gasteiger partial charge is 0.126 e. The van der Waals surface area contributed by atoms with Crippen LogP contribution in [0.25, 0.3) is 0 Å². The van der Waals surface area contributed by atoms with Gasteiger partial charge in [0.1, 0.15) is 5.75 Å². The predicted octanol–water partition coefficient (Wildman–Crippen LogP) is 5.14. The van der Waals surface area contributed by atoms with Gasteiger partial charge in [-0.3, -0.25) is 0 Å². The van der Waals surface area contributed by atoms with Gasteiger partial charge >= 0.3 is 0 Å². The van der Waals surface area contributed by atoms with Gasteiger partial charge in [-0.05, 0) is 41.9 Å². The highest BCUT2D eigenvalue weighted by molar-refractivity contribution is 7.51. The molecule has 1 aromatic carbocycles. The van der Waals surface area contributed by atoms with E-state index in [1.54, 1.807) is 0 Å². The maximum absolute atomic E-state index is 5.94. The van der Waals surface area contributed by atoms with Gasteiger partial charge in [0.2, 0.25) is 0 Å².